The zero-order valence-electron chi connectivity index (χ0n) is 12.4. The molecule has 0 spiro atoms. The van der Waals surface area contributed by atoms with Crippen molar-refractivity contribution < 1.29 is 14.3 Å². The summed E-state index contributed by atoms with van der Waals surface area (Å²) in [6, 6.07) is 7.40. The number of carbonyl (C=O) groups excluding carboxylic acids is 2. The van der Waals surface area contributed by atoms with E-state index in [1.165, 1.54) is 7.11 Å². The van der Waals surface area contributed by atoms with E-state index in [9.17, 15) is 9.59 Å². The molecule has 1 rings (SSSR count). The van der Waals surface area contributed by atoms with Crippen LogP contribution in [0.25, 0.3) is 0 Å². The minimum absolute atomic E-state index is 0.0285. The number of amides is 2. The summed E-state index contributed by atoms with van der Waals surface area (Å²) in [6.07, 6.45) is -0.473. The Morgan fingerprint density at radius 1 is 1.20 bits per heavy atom. The Morgan fingerprint density at radius 3 is 2.50 bits per heavy atom. The van der Waals surface area contributed by atoms with Crippen LogP contribution in [0.2, 0.25) is 0 Å². The molecule has 0 bridgehead atoms. The largest absolute Gasteiger partial charge is 0.372 e. The van der Waals surface area contributed by atoms with Gasteiger partial charge in [-0.15, -0.1) is 0 Å². The van der Waals surface area contributed by atoms with E-state index in [0.717, 1.165) is 11.3 Å². The zero-order chi connectivity index (χ0) is 15.1. The van der Waals surface area contributed by atoms with Crippen molar-refractivity contribution in [2.24, 2.45) is 5.92 Å². The van der Waals surface area contributed by atoms with Crippen LogP contribution in [-0.4, -0.2) is 25.0 Å². The second-order valence-corrected chi connectivity index (χ2v) is 4.94. The standard InChI is InChI=1S/C15H22N2O3/c1-10(2)14(18)17-13-7-5-6-12(8-13)9-16-15(19)11(3)20-4/h5-8,10-11H,9H2,1-4H3,(H,16,19)(H,17,18). The summed E-state index contributed by atoms with van der Waals surface area (Å²) in [5.41, 5.74) is 1.65. The maximum atomic E-state index is 11.6. The number of ether oxygens (including phenoxy) is 1. The molecule has 1 atom stereocenters. The molecule has 20 heavy (non-hydrogen) atoms. The van der Waals surface area contributed by atoms with Gasteiger partial charge < -0.3 is 15.4 Å². The van der Waals surface area contributed by atoms with Gasteiger partial charge in [0, 0.05) is 25.3 Å². The summed E-state index contributed by atoms with van der Waals surface area (Å²) >= 11 is 0. The molecule has 0 aliphatic carbocycles. The Balaban J connectivity index is 2.60. The molecule has 0 saturated carbocycles. The summed E-state index contributed by atoms with van der Waals surface area (Å²) in [5.74, 6) is -0.260. The van der Waals surface area contributed by atoms with Crippen molar-refractivity contribution in [3.05, 3.63) is 29.8 Å². The van der Waals surface area contributed by atoms with Gasteiger partial charge in [-0.2, -0.15) is 0 Å². The van der Waals surface area contributed by atoms with E-state index in [1.54, 1.807) is 6.92 Å². The first-order valence-electron chi connectivity index (χ1n) is 6.64. The monoisotopic (exact) mass is 278 g/mol. The minimum atomic E-state index is -0.473. The molecular formula is C15H22N2O3. The third-order valence-corrected chi connectivity index (χ3v) is 2.91. The molecule has 5 nitrogen and oxygen atoms in total. The molecule has 0 aliphatic heterocycles. The first-order chi connectivity index (χ1) is 9.43. The van der Waals surface area contributed by atoms with Gasteiger partial charge in [-0.3, -0.25) is 9.59 Å². The maximum absolute atomic E-state index is 11.6. The van der Waals surface area contributed by atoms with Crippen molar-refractivity contribution >= 4 is 17.5 Å². The quantitative estimate of drug-likeness (QED) is 0.835. The van der Waals surface area contributed by atoms with E-state index < -0.39 is 6.10 Å². The Morgan fingerprint density at radius 2 is 1.90 bits per heavy atom. The van der Waals surface area contributed by atoms with Crippen molar-refractivity contribution in [3.8, 4) is 0 Å². The van der Waals surface area contributed by atoms with Gasteiger partial charge in [-0.05, 0) is 24.6 Å². The number of nitrogens with one attached hydrogen (secondary N) is 2. The van der Waals surface area contributed by atoms with Crippen molar-refractivity contribution in [1.82, 2.24) is 5.32 Å². The van der Waals surface area contributed by atoms with Crippen LogP contribution in [0.15, 0.2) is 24.3 Å². The average molecular weight is 278 g/mol. The molecule has 5 heteroatoms. The van der Waals surface area contributed by atoms with Crippen molar-refractivity contribution in [2.45, 2.75) is 33.4 Å². The third kappa shape index (κ3) is 5.01. The number of carbonyl (C=O) groups is 2. The van der Waals surface area contributed by atoms with Gasteiger partial charge in [-0.1, -0.05) is 26.0 Å². The van der Waals surface area contributed by atoms with Crippen molar-refractivity contribution in [1.29, 1.82) is 0 Å². The molecule has 1 aromatic carbocycles. The Labute approximate surface area is 119 Å². The summed E-state index contributed by atoms with van der Waals surface area (Å²) in [6.45, 7) is 5.77. The van der Waals surface area contributed by atoms with E-state index in [-0.39, 0.29) is 17.7 Å². The molecule has 0 saturated heterocycles. The van der Waals surface area contributed by atoms with Crippen LogP contribution >= 0.6 is 0 Å². The molecule has 0 aliphatic rings. The highest BCUT2D eigenvalue weighted by Crippen LogP contribution is 2.12. The van der Waals surface area contributed by atoms with Crippen LogP contribution in [0.5, 0.6) is 0 Å². The van der Waals surface area contributed by atoms with Crippen molar-refractivity contribution in [3.63, 3.8) is 0 Å². The molecule has 2 amide bonds. The molecular weight excluding hydrogens is 256 g/mol. The van der Waals surface area contributed by atoms with Gasteiger partial charge in [0.05, 0.1) is 0 Å². The van der Waals surface area contributed by atoms with Crippen molar-refractivity contribution in [2.75, 3.05) is 12.4 Å². The highest BCUT2D eigenvalue weighted by atomic mass is 16.5. The van der Waals surface area contributed by atoms with Gasteiger partial charge in [0.25, 0.3) is 0 Å². The number of benzene rings is 1. The van der Waals surface area contributed by atoms with Crippen LogP contribution in [0.1, 0.15) is 26.3 Å². The van der Waals surface area contributed by atoms with E-state index >= 15 is 0 Å². The molecule has 0 aromatic heterocycles. The molecule has 2 N–H and O–H groups in total. The second kappa shape index (κ2) is 7.65. The fraction of sp³-hybridized carbons (Fsp3) is 0.467. The van der Waals surface area contributed by atoms with E-state index in [4.69, 9.17) is 4.74 Å². The highest BCUT2D eigenvalue weighted by molar-refractivity contribution is 5.92. The predicted molar refractivity (Wildman–Crippen MR) is 78.2 cm³/mol. The van der Waals surface area contributed by atoms with Gasteiger partial charge in [0.2, 0.25) is 11.8 Å². The SMILES string of the molecule is COC(C)C(=O)NCc1cccc(NC(=O)C(C)C)c1. The summed E-state index contributed by atoms with van der Waals surface area (Å²) in [7, 11) is 1.49. The van der Waals surface area contributed by atoms with Crippen LogP contribution < -0.4 is 10.6 Å². The fourth-order valence-corrected chi connectivity index (χ4v) is 1.49. The summed E-state index contributed by atoms with van der Waals surface area (Å²) < 4.78 is 4.93. The number of hydrogen-bond acceptors (Lipinski definition) is 3. The molecule has 0 fully saturated rings. The lowest BCUT2D eigenvalue weighted by Crippen LogP contribution is -2.33. The van der Waals surface area contributed by atoms with Gasteiger partial charge in [0.1, 0.15) is 6.10 Å². The van der Waals surface area contributed by atoms with E-state index in [1.807, 2.05) is 38.1 Å². The minimum Gasteiger partial charge on any atom is -0.372 e. The Kier molecular flexibility index (Phi) is 6.18. The first kappa shape index (κ1) is 16.2. The number of anilines is 1. The zero-order valence-corrected chi connectivity index (χ0v) is 12.4. The smallest absolute Gasteiger partial charge is 0.249 e. The van der Waals surface area contributed by atoms with E-state index in [2.05, 4.69) is 10.6 Å². The normalized spacial score (nSPS) is 12.1. The molecule has 1 aromatic rings. The highest BCUT2D eigenvalue weighted by Gasteiger charge is 2.11. The topological polar surface area (TPSA) is 67.4 Å². The summed E-state index contributed by atoms with van der Waals surface area (Å²) in [4.78, 5) is 23.2. The predicted octanol–water partition coefficient (Wildman–Crippen LogP) is 1.93. The lowest BCUT2D eigenvalue weighted by atomic mass is 10.1. The summed E-state index contributed by atoms with van der Waals surface area (Å²) in [5, 5.41) is 5.60. The Hall–Kier alpha value is -1.88. The molecule has 1 unspecified atom stereocenters. The lowest BCUT2D eigenvalue weighted by Gasteiger charge is -2.12. The number of rotatable bonds is 6. The van der Waals surface area contributed by atoms with Gasteiger partial charge in [0.15, 0.2) is 0 Å². The van der Waals surface area contributed by atoms with Crippen LogP contribution in [0.4, 0.5) is 5.69 Å². The fourth-order valence-electron chi connectivity index (χ4n) is 1.49. The van der Waals surface area contributed by atoms with Crippen LogP contribution in [0.3, 0.4) is 0 Å². The number of hydrogen-bond donors (Lipinski definition) is 2. The lowest BCUT2D eigenvalue weighted by molar-refractivity contribution is -0.130. The van der Waals surface area contributed by atoms with Crippen LogP contribution in [0, 0.1) is 5.92 Å². The molecule has 0 heterocycles. The first-order valence-corrected chi connectivity index (χ1v) is 6.64. The maximum Gasteiger partial charge on any atom is 0.249 e. The Bertz CT molecular complexity index is 472. The molecule has 0 radical (unpaired) electrons. The van der Waals surface area contributed by atoms with Crippen LogP contribution in [-0.2, 0) is 20.9 Å². The molecule has 110 valence electrons. The van der Waals surface area contributed by atoms with Gasteiger partial charge in [-0.25, -0.2) is 0 Å². The third-order valence-electron chi connectivity index (χ3n) is 2.91. The average Bonchev–Trinajstić information content (AvgIpc) is 2.44. The van der Waals surface area contributed by atoms with Gasteiger partial charge >= 0.3 is 0 Å². The second-order valence-electron chi connectivity index (χ2n) is 4.94. The number of methoxy groups -OCH3 is 1. The van der Waals surface area contributed by atoms with E-state index in [0.29, 0.717) is 6.54 Å².